The zero-order valence-corrected chi connectivity index (χ0v) is 26.6. The van der Waals surface area contributed by atoms with E-state index in [4.69, 9.17) is 11.6 Å². The molecule has 0 saturated carbocycles. The number of nitrogens with one attached hydrogen (secondary N) is 1. The molecule has 3 aliphatic rings. The Balaban J connectivity index is 1.24. The number of fused-ring (bicyclic) bond motifs is 1. The Morgan fingerprint density at radius 3 is 2.12 bits per heavy atom. The Hall–Kier alpha value is -3.70. The summed E-state index contributed by atoms with van der Waals surface area (Å²) in [5.41, 5.74) is 1.07. The second-order valence-corrected chi connectivity index (χ2v) is 14.0. The third-order valence-electron chi connectivity index (χ3n) is 8.73. The van der Waals surface area contributed by atoms with Gasteiger partial charge in [0.25, 0.3) is 10.0 Å². The maximum absolute atomic E-state index is 14.5. The van der Waals surface area contributed by atoms with Crippen LogP contribution in [0.1, 0.15) is 42.7 Å². The van der Waals surface area contributed by atoms with Gasteiger partial charge in [-0.25, -0.2) is 27.2 Å². The molecule has 258 valence electrons. The van der Waals surface area contributed by atoms with Gasteiger partial charge in [0.2, 0.25) is 11.9 Å². The topological polar surface area (TPSA) is 98.7 Å². The molecule has 0 aliphatic carbocycles. The van der Waals surface area contributed by atoms with Crippen LogP contribution in [-0.2, 0) is 21.2 Å². The molecule has 2 saturated heterocycles. The molecule has 0 unspecified atom stereocenters. The average Bonchev–Trinajstić information content (AvgIpc) is 3.64. The lowest BCUT2D eigenvalue weighted by Gasteiger charge is -2.34. The molecule has 3 aromatic rings. The monoisotopic (exact) mass is 720 g/mol. The summed E-state index contributed by atoms with van der Waals surface area (Å²) in [6, 6.07) is 4.16. The number of likely N-dealkylation sites (tertiary alicyclic amines) is 1. The van der Waals surface area contributed by atoms with Crippen molar-refractivity contribution in [1.82, 2.24) is 14.9 Å². The number of carbonyl (C=O) groups excluding carboxylic acids is 1. The lowest BCUT2D eigenvalue weighted by molar-refractivity contribution is -0.287. The molecule has 6 rings (SSSR count). The summed E-state index contributed by atoms with van der Waals surface area (Å²) in [7, 11) is -4.55. The highest BCUT2D eigenvalue weighted by Crippen LogP contribution is 2.44. The van der Waals surface area contributed by atoms with E-state index in [1.54, 1.807) is 17.3 Å². The van der Waals surface area contributed by atoms with Gasteiger partial charge >= 0.3 is 12.1 Å². The molecule has 2 fully saturated rings. The maximum atomic E-state index is 14.5. The van der Waals surface area contributed by atoms with Gasteiger partial charge in [0.05, 0.1) is 22.8 Å². The van der Waals surface area contributed by atoms with Crippen LogP contribution in [0, 0.1) is 11.6 Å². The van der Waals surface area contributed by atoms with Gasteiger partial charge in [0.15, 0.2) is 11.6 Å². The molecule has 0 radical (unpaired) electrons. The van der Waals surface area contributed by atoms with Gasteiger partial charge in [-0.1, -0.05) is 11.6 Å². The highest BCUT2D eigenvalue weighted by Gasteiger charge is 2.58. The molecule has 2 aromatic carbocycles. The molecule has 1 amide bonds. The van der Waals surface area contributed by atoms with Gasteiger partial charge in [-0.05, 0) is 80.1 Å². The van der Waals surface area contributed by atoms with Gasteiger partial charge < -0.3 is 9.80 Å². The van der Waals surface area contributed by atoms with E-state index in [1.807, 2.05) is 4.72 Å². The molecule has 1 N–H and O–H groups in total. The Morgan fingerprint density at radius 1 is 0.896 bits per heavy atom. The summed E-state index contributed by atoms with van der Waals surface area (Å²) in [4.78, 5) is 25.8. The number of halogens is 8. The van der Waals surface area contributed by atoms with Crippen LogP contribution in [0.5, 0.6) is 0 Å². The van der Waals surface area contributed by atoms with Crippen molar-refractivity contribution < 1.29 is 43.9 Å². The number of aromatic nitrogens is 2. The number of anilines is 4. The lowest BCUT2D eigenvalue weighted by Crippen LogP contribution is -2.48. The van der Waals surface area contributed by atoms with E-state index < -0.39 is 46.0 Å². The highest BCUT2D eigenvalue weighted by molar-refractivity contribution is 7.92. The zero-order chi connectivity index (χ0) is 34.6. The van der Waals surface area contributed by atoms with E-state index in [-0.39, 0.29) is 52.9 Å². The van der Waals surface area contributed by atoms with Gasteiger partial charge in [-0.2, -0.15) is 22.0 Å². The van der Waals surface area contributed by atoms with E-state index >= 15 is 0 Å². The van der Waals surface area contributed by atoms with Crippen LogP contribution in [-0.4, -0.2) is 74.0 Å². The van der Waals surface area contributed by atoms with Gasteiger partial charge in [-0.3, -0.25) is 14.4 Å². The molecule has 3 aliphatic heterocycles. The van der Waals surface area contributed by atoms with Crippen molar-refractivity contribution in [1.29, 1.82) is 0 Å². The summed E-state index contributed by atoms with van der Waals surface area (Å²) >= 11 is 5.67. The number of benzene rings is 2. The highest BCUT2D eigenvalue weighted by atomic mass is 35.5. The Morgan fingerprint density at radius 2 is 1.54 bits per heavy atom. The number of carbonyl (C=O) groups is 1. The van der Waals surface area contributed by atoms with E-state index in [0.717, 1.165) is 17.0 Å². The summed E-state index contributed by atoms with van der Waals surface area (Å²) < 4.78 is 123. The van der Waals surface area contributed by atoms with Crippen molar-refractivity contribution in [3.63, 3.8) is 0 Å². The fraction of sp³-hybridized carbons (Fsp3) is 0.433. The third-order valence-corrected chi connectivity index (χ3v) is 10.3. The van der Waals surface area contributed by atoms with Crippen LogP contribution in [0.2, 0.25) is 5.02 Å². The Labute approximate surface area is 275 Å². The average molecular weight is 721 g/mol. The molecular weight excluding hydrogens is 693 g/mol. The van der Waals surface area contributed by atoms with Gasteiger partial charge in [0, 0.05) is 36.9 Å². The quantitative estimate of drug-likeness (QED) is 0.269. The maximum Gasteiger partial charge on any atom is 0.454 e. The number of alkyl halides is 5. The number of amides is 1. The van der Waals surface area contributed by atoms with E-state index in [0.29, 0.717) is 55.6 Å². The summed E-state index contributed by atoms with van der Waals surface area (Å²) in [6.45, 7) is -0.690. The van der Waals surface area contributed by atoms with Crippen molar-refractivity contribution in [2.24, 2.45) is 0 Å². The third kappa shape index (κ3) is 6.63. The number of nitrogens with zero attached hydrogens (tertiary/aromatic N) is 5. The van der Waals surface area contributed by atoms with Crippen LogP contribution in [0.25, 0.3) is 0 Å². The van der Waals surface area contributed by atoms with Crippen LogP contribution >= 0.6 is 11.6 Å². The number of hydrogen-bond donors (Lipinski definition) is 1. The van der Waals surface area contributed by atoms with E-state index in [2.05, 4.69) is 9.97 Å². The molecular formula is C30H28ClF7N6O3S. The minimum Gasteiger partial charge on any atom is -0.310 e. The SMILES string of the molecule is O=C1CCCN1c1cc(S(=O)(=O)Nc2c(F)cc(Cl)cc2F)cc2c1N(c1ncc(C3CCN(CC(F)(F)C(F)(F)F)CC3)cn1)CC2. The largest absolute Gasteiger partial charge is 0.454 e. The predicted octanol–water partition coefficient (Wildman–Crippen LogP) is 6.41. The van der Waals surface area contributed by atoms with Crippen LogP contribution < -0.4 is 14.5 Å². The minimum absolute atomic E-state index is 0.0439. The number of rotatable bonds is 8. The zero-order valence-electron chi connectivity index (χ0n) is 25.0. The lowest BCUT2D eigenvalue weighted by atomic mass is 9.91. The normalized spacial score (nSPS) is 18.1. The summed E-state index contributed by atoms with van der Waals surface area (Å²) in [6.07, 6.45) is -0.743. The first-order valence-electron chi connectivity index (χ1n) is 14.9. The smallest absolute Gasteiger partial charge is 0.310 e. The second kappa shape index (κ2) is 12.6. The first-order chi connectivity index (χ1) is 22.5. The van der Waals surface area contributed by atoms with Crippen molar-refractivity contribution in [2.75, 3.05) is 47.2 Å². The van der Waals surface area contributed by atoms with E-state index in [9.17, 15) is 43.9 Å². The van der Waals surface area contributed by atoms with Crippen molar-refractivity contribution in [3.8, 4) is 0 Å². The molecule has 0 spiro atoms. The summed E-state index contributed by atoms with van der Waals surface area (Å²) in [5.74, 6) is -7.37. The fourth-order valence-electron chi connectivity index (χ4n) is 6.27. The van der Waals surface area contributed by atoms with Crippen LogP contribution in [0.3, 0.4) is 0 Å². The summed E-state index contributed by atoms with van der Waals surface area (Å²) in [5, 5.41) is -0.256. The second-order valence-electron chi connectivity index (χ2n) is 11.9. The molecule has 0 bridgehead atoms. The fourth-order valence-corrected chi connectivity index (χ4v) is 7.61. The van der Waals surface area contributed by atoms with Gasteiger partial charge in [-0.15, -0.1) is 0 Å². The van der Waals surface area contributed by atoms with Crippen molar-refractivity contribution in [2.45, 2.75) is 55.0 Å². The molecule has 9 nitrogen and oxygen atoms in total. The first-order valence-corrected chi connectivity index (χ1v) is 16.8. The standard InChI is InChI=1S/C30H28ClF7N6O3S/c31-20-11-22(32)26(23(33)12-20)41-48(46,47)21-10-18-5-9-44(27(18)24(13-21)43-6-1-2-25(43)45)28-39-14-19(15-40-28)17-3-7-42(8-4-17)16-29(34,35)30(36,37)38/h10-15,17,41H,1-9,16H2. The van der Waals surface area contributed by atoms with Crippen molar-refractivity contribution >= 4 is 50.5 Å². The molecule has 48 heavy (non-hydrogen) atoms. The first kappa shape index (κ1) is 34.2. The van der Waals surface area contributed by atoms with E-state index in [1.165, 1.54) is 17.0 Å². The minimum atomic E-state index is -5.62. The molecule has 4 heterocycles. The number of piperidine rings is 1. The van der Waals surface area contributed by atoms with Crippen LogP contribution in [0.15, 0.2) is 41.6 Å². The Bertz CT molecular complexity index is 1810. The number of hydrogen-bond acceptors (Lipinski definition) is 7. The van der Waals surface area contributed by atoms with Crippen LogP contribution in [0.4, 0.5) is 53.7 Å². The van der Waals surface area contributed by atoms with Crippen molar-refractivity contribution in [3.05, 3.63) is 64.4 Å². The molecule has 0 atom stereocenters. The molecule has 18 heteroatoms. The Kier molecular flexibility index (Phi) is 9.00. The van der Waals surface area contributed by atoms with Gasteiger partial charge in [0.1, 0.15) is 5.69 Å². The molecule has 1 aromatic heterocycles. The predicted molar refractivity (Wildman–Crippen MR) is 162 cm³/mol. The number of sulfonamides is 1.